The van der Waals surface area contributed by atoms with Crippen LogP contribution in [0, 0.1) is 0 Å². The molecule has 13 heavy (non-hydrogen) atoms. The Kier molecular flexibility index (Phi) is 2.72. The monoisotopic (exact) mass is 205 g/mol. The van der Waals surface area contributed by atoms with Crippen molar-refractivity contribution in [3.05, 3.63) is 18.2 Å². The molecule has 0 spiro atoms. The Morgan fingerprint density at radius 3 is 2.69 bits per heavy atom. The standard InChI is InChI=1S/C7H12N2O3S/c1-3-9-5-4-8(2)7(9)6-13(10,11)12/h4-5H,3,6H2,1-2H3/p+1. The van der Waals surface area contributed by atoms with Crippen LogP contribution in [0.5, 0.6) is 0 Å². The number of hydrogen-bond acceptors (Lipinski definition) is 2. The molecule has 1 aromatic rings. The maximum absolute atomic E-state index is 10.6. The summed E-state index contributed by atoms with van der Waals surface area (Å²) in [4.78, 5) is 0. The molecule has 0 atom stereocenters. The third-order valence-corrected chi connectivity index (χ3v) is 2.48. The van der Waals surface area contributed by atoms with Crippen molar-refractivity contribution in [2.75, 3.05) is 0 Å². The van der Waals surface area contributed by atoms with Gasteiger partial charge in [0.2, 0.25) is 0 Å². The molecule has 0 radical (unpaired) electrons. The molecule has 0 fully saturated rings. The largest absolute Gasteiger partial charge is 0.285 e. The SMILES string of the molecule is CCn1cc[n+](C)c1CS(=O)(=O)O. The van der Waals surface area contributed by atoms with Gasteiger partial charge >= 0.3 is 0 Å². The van der Waals surface area contributed by atoms with Gasteiger partial charge in [0, 0.05) is 0 Å². The van der Waals surface area contributed by atoms with E-state index in [0.29, 0.717) is 12.4 Å². The molecular weight excluding hydrogens is 192 g/mol. The fourth-order valence-electron chi connectivity index (χ4n) is 1.19. The minimum Gasteiger partial charge on any atom is -0.285 e. The van der Waals surface area contributed by atoms with Crippen molar-refractivity contribution in [1.29, 1.82) is 0 Å². The van der Waals surface area contributed by atoms with Crippen LogP contribution in [-0.2, 0) is 29.5 Å². The zero-order valence-electron chi connectivity index (χ0n) is 7.64. The first-order chi connectivity index (χ1) is 5.94. The molecule has 1 N–H and O–H groups in total. The number of aryl methyl sites for hydroxylation is 2. The normalized spacial score (nSPS) is 11.9. The van der Waals surface area contributed by atoms with Crippen LogP contribution in [0.25, 0.3) is 0 Å². The second-order valence-corrected chi connectivity index (χ2v) is 4.29. The summed E-state index contributed by atoms with van der Waals surface area (Å²) in [7, 11) is -2.20. The highest BCUT2D eigenvalue weighted by atomic mass is 32.2. The predicted octanol–water partition coefficient (Wildman–Crippen LogP) is -0.280. The molecule has 0 aliphatic rings. The van der Waals surface area contributed by atoms with E-state index in [-0.39, 0.29) is 5.75 Å². The van der Waals surface area contributed by atoms with E-state index >= 15 is 0 Å². The maximum atomic E-state index is 10.6. The highest BCUT2D eigenvalue weighted by Gasteiger charge is 2.19. The van der Waals surface area contributed by atoms with Gasteiger partial charge in [-0.1, -0.05) is 0 Å². The lowest BCUT2D eigenvalue weighted by Crippen LogP contribution is -2.33. The van der Waals surface area contributed by atoms with Crippen LogP contribution in [0.3, 0.4) is 0 Å². The first-order valence-electron chi connectivity index (χ1n) is 3.93. The highest BCUT2D eigenvalue weighted by molar-refractivity contribution is 7.84. The van der Waals surface area contributed by atoms with E-state index in [2.05, 4.69) is 0 Å². The molecule has 6 heteroatoms. The molecule has 0 unspecified atom stereocenters. The number of nitrogens with zero attached hydrogens (tertiary/aromatic N) is 2. The predicted molar refractivity (Wildman–Crippen MR) is 46.5 cm³/mol. The van der Waals surface area contributed by atoms with Crippen LogP contribution < -0.4 is 4.57 Å². The van der Waals surface area contributed by atoms with Gasteiger partial charge in [-0.25, -0.2) is 9.13 Å². The van der Waals surface area contributed by atoms with Crippen LogP contribution >= 0.6 is 0 Å². The summed E-state index contributed by atoms with van der Waals surface area (Å²) in [5, 5.41) is 0. The molecule has 0 aromatic carbocycles. The average Bonchev–Trinajstić information content (AvgIpc) is 2.30. The number of hydrogen-bond donors (Lipinski definition) is 1. The average molecular weight is 205 g/mol. The third-order valence-electron chi connectivity index (χ3n) is 1.86. The lowest BCUT2D eigenvalue weighted by Gasteiger charge is -1.97. The van der Waals surface area contributed by atoms with Crippen molar-refractivity contribution in [3.63, 3.8) is 0 Å². The van der Waals surface area contributed by atoms with E-state index in [0.717, 1.165) is 0 Å². The highest BCUT2D eigenvalue weighted by Crippen LogP contribution is 2.00. The fraction of sp³-hybridized carbons (Fsp3) is 0.571. The molecule has 74 valence electrons. The van der Waals surface area contributed by atoms with Crippen LogP contribution in [0.4, 0.5) is 0 Å². The quantitative estimate of drug-likeness (QED) is 0.545. The van der Waals surface area contributed by atoms with E-state index in [4.69, 9.17) is 4.55 Å². The van der Waals surface area contributed by atoms with Crippen LogP contribution in [0.15, 0.2) is 12.4 Å². The fourth-order valence-corrected chi connectivity index (χ4v) is 1.89. The zero-order valence-corrected chi connectivity index (χ0v) is 8.45. The third kappa shape index (κ3) is 2.53. The molecule has 5 nitrogen and oxygen atoms in total. The Balaban J connectivity index is 3.05. The Morgan fingerprint density at radius 1 is 1.62 bits per heavy atom. The zero-order chi connectivity index (χ0) is 10.1. The van der Waals surface area contributed by atoms with Gasteiger partial charge in [-0.3, -0.25) is 4.55 Å². The van der Waals surface area contributed by atoms with Crippen molar-refractivity contribution < 1.29 is 17.5 Å². The van der Waals surface area contributed by atoms with Gasteiger partial charge in [-0.05, 0) is 6.92 Å². The summed E-state index contributed by atoms with van der Waals surface area (Å²) in [6.45, 7) is 2.60. The van der Waals surface area contributed by atoms with E-state index in [9.17, 15) is 8.42 Å². The van der Waals surface area contributed by atoms with Crippen molar-refractivity contribution in [1.82, 2.24) is 4.57 Å². The van der Waals surface area contributed by atoms with Gasteiger partial charge in [0.1, 0.15) is 12.4 Å². The van der Waals surface area contributed by atoms with Gasteiger partial charge < -0.3 is 0 Å². The molecule has 0 aliphatic carbocycles. The Labute approximate surface area is 77.4 Å². The number of rotatable bonds is 3. The topological polar surface area (TPSA) is 63.2 Å². The number of aromatic nitrogens is 2. The van der Waals surface area contributed by atoms with E-state index in [1.54, 1.807) is 28.6 Å². The Morgan fingerprint density at radius 2 is 2.23 bits per heavy atom. The van der Waals surface area contributed by atoms with Gasteiger partial charge in [0.05, 0.1) is 13.6 Å². The summed E-state index contributed by atoms with van der Waals surface area (Å²) in [6.07, 6.45) is 3.53. The summed E-state index contributed by atoms with van der Waals surface area (Å²) in [5.41, 5.74) is 0. The lowest BCUT2D eigenvalue weighted by molar-refractivity contribution is -0.677. The van der Waals surface area contributed by atoms with Crippen LogP contribution in [0.1, 0.15) is 12.7 Å². The minimum atomic E-state index is -3.94. The summed E-state index contributed by atoms with van der Waals surface area (Å²) in [6, 6.07) is 0. The molecule has 0 bridgehead atoms. The van der Waals surface area contributed by atoms with Crippen LogP contribution in [-0.4, -0.2) is 17.5 Å². The van der Waals surface area contributed by atoms with Gasteiger partial charge in [-0.15, -0.1) is 0 Å². The van der Waals surface area contributed by atoms with Crippen molar-refractivity contribution in [2.24, 2.45) is 7.05 Å². The molecule has 0 aliphatic heterocycles. The second-order valence-electron chi connectivity index (χ2n) is 2.84. The summed E-state index contributed by atoms with van der Waals surface area (Å²) < 4.78 is 33.4. The Bertz CT molecular complexity index is 394. The second kappa shape index (κ2) is 3.47. The summed E-state index contributed by atoms with van der Waals surface area (Å²) in [5.74, 6) is 0.231. The van der Waals surface area contributed by atoms with Crippen molar-refractivity contribution in [2.45, 2.75) is 19.2 Å². The van der Waals surface area contributed by atoms with Gasteiger partial charge in [-0.2, -0.15) is 8.42 Å². The van der Waals surface area contributed by atoms with Gasteiger partial charge in [0.25, 0.3) is 15.9 Å². The van der Waals surface area contributed by atoms with E-state index in [1.807, 2.05) is 6.92 Å². The molecule has 1 heterocycles. The van der Waals surface area contributed by atoms with Crippen molar-refractivity contribution in [3.8, 4) is 0 Å². The summed E-state index contributed by atoms with van der Waals surface area (Å²) >= 11 is 0. The molecule has 1 aromatic heterocycles. The van der Waals surface area contributed by atoms with E-state index < -0.39 is 10.1 Å². The minimum absolute atomic E-state index is 0.343. The van der Waals surface area contributed by atoms with Crippen molar-refractivity contribution >= 4 is 10.1 Å². The number of imidazole rings is 1. The lowest BCUT2D eigenvalue weighted by atomic mass is 10.6. The molecular formula is C7H13N2O3S+. The molecule has 0 amide bonds. The molecule has 1 rings (SSSR count). The molecule has 0 saturated carbocycles. The Hall–Kier alpha value is -0.880. The smallest absolute Gasteiger partial charge is 0.276 e. The van der Waals surface area contributed by atoms with E-state index in [1.165, 1.54) is 0 Å². The first kappa shape index (κ1) is 10.2. The molecule has 0 saturated heterocycles. The van der Waals surface area contributed by atoms with Crippen LogP contribution in [0.2, 0.25) is 0 Å². The maximum Gasteiger partial charge on any atom is 0.276 e. The first-order valence-corrected chi connectivity index (χ1v) is 5.53. The van der Waals surface area contributed by atoms with Gasteiger partial charge in [0.15, 0.2) is 5.75 Å².